The van der Waals surface area contributed by atoms with Gasteiger partial charge < -0.3 is 14.2 Å². The molecule has 1 aromatic heterocycles. The monoisotopic (exact) mass is 318 g/mol. The molecular formula is C18H26N2O3. The summed E-state index contributed by atoms with van der Waals surface area (Å²) in [6, 6.07) is 3.86. The number of nitrogens with zero attached hydrogens (tertiary/aromatic N) is 2. The van der Waals surface area contributed by atoms with E-state index in [1.54, 1.807) is 18.0 Å². The molecule has 1 saturated carbocycles. The van der Waals surface area contributed by atoms with Gasteiger partial charge in [-0.2, -0.15) is 0 Å². The lowest BCUT2D eigenvalue weighted by Crippen LogP contribution is -2.40. The third-order valence-corrected chi connectivity index (χ3v) is 4.38. The molecule has 1 fully saturated rings. The van der Waals surface area contributed by atoms with Crippen molar-refractivity contribution in [1.29, 1.82) is 0 Å². The maximum atomic E-state index is 12.1. The fourth-order valence-electron chi connectivity index (χ4n) is 2.61. The summed E-state index contributed by atoms with van der Waals surface area (Å²) in [6.45, 7) is 7.46. The first-order valence-corrected chi connectivity index (χ1v) is 8.26. The molecular weight excluding hydrogens is 292 g/mol. The molecule has 1 aliphatic carbocycles. The maximum absolute atomic E-state index is 12.1. The van der Waals surface area contributed by atoms with E-state index in [2.05, 4.69) is 6.92 Å². The summed E-state index contributed by atoms with van der Waals surface area (Å²) < 4.78 is 5.73. The van der Waals surface area contributed by atoms with E-state index >= 15 is 0 Å². The predicted octanol–water partition coefficient (Wildman–Crippen LogP) is 2.74. The first-order chi connectivity index (χ1) is 11.0. The normalized spacial score (nSPS) is 19.8. The molecule has 23 heavy (non-hydrogen) atoms. The third kappa shape index (κ3) is 4.47. The van der Waals surface area contributed by atoms with Gasteiger partial charge in [-0.1, -0.05) is 6.92 Å². The van der Waals surface area contributed by atoms with Crippen molar-refractivity contribution >= 4 is 17.9 Å². The molecule has 1 heterocycles. The summed E-state index contributed by atoms with van der Waals surface area (Å²) in [5, 5.41) is 0. The highest BCUT2D eigenvalue weighted by Gasteiger charge is 2.36. The highest BCUT2D eigenvalue weighted by Crippen LogP contribution is 2.47. The average Bonchev–Trinajstić information content (AvgIpc) is 3.07. The van der Waals surface area contributed by atoms with E-state index in [4.69, 9.17) is 4.42 Å². The zero-order valence-electron chi connectivity index (χ0n) is 14.4. The highest BCUT2D eigenvalue weighted by molar-refractivity contribution is 5.93. The van der Waals surface area contributed by atoms with Crippen LogP contribution in [0.25, 0.3) is 6.08 Å². The van der Waals surface area contributed by atoms with E-state index in [9.17, 15) is 9.59 Å². The largest absolute Gasteiger partial charge is 0.461 e. The Morgan fingerprint density at radius 3 is 2.52 bits per heavy atom. The Bertz CT molecular complexity index is 587. The van der Waals surface area contributed by atoms with Gasteiger partial charge in [0.05, 0.1) is 6.54 Å². The van der Waals surface area contributed by atoms with E-state index in [1.165, 1.54) is 17.4 Å². The lowest BCUT2D eigenvalue weighted by molar-refractivity contribution is -0.136. The van der Waals surface area contributed by atoms with Crippen molar-refractivity contribution in [2.75, 3.05) is 26.7 Å². The number of carbonyl (C=O) groups is 2. The molecule has 5 nitrogen and oxygen atoms in total. The molecule has 0 spiro atoms. The smallest absolute Gasteiger partial charge is 0.246 e. The average molecular weight is 318 g/mol. The summed E-state index contributed by atoms with van der Waals surface area (Å²) in [4.78, 5) is 27.2. The zero-order chi connectivity index (χ0) is 17.0. The standard InChI is InChI=1S/C18H26N2O3/c1-5-20(6-2)18(22)12-19(4)17(21)10-8-14-7-9-16(23-14)15-11-13(15)3/h7-10,13,15H,5-6,11-12H2,1-4H3/b10-8+. The lowest BCUT2D eigenvalue weighted by atomic mass is 10.3. The third-order valence-electron chi connectivity index (χ3n) is 4.38. The molecule has 2 amide bonds. The van der Waals surface area contributed by atoms with E-state index in [0.717, 1.165) is 5.76 Å². The van der Waals surface area contributed by atoms with E-state index in [-0.39, 0.29) is 18.4 Å². The van der Waals surface area contributed by atoms with Gasteiger partial charge in [-0.25, -0.2) is 0 Å². The first-order valence-electron chi connectivity index (χ1n) is 8.26. The summed E-state index contributed by atoms with van der Waals surface area (Å²) in [5.41, 5.74) is 0. The molecule has 5 heteroatoms. The summed E-state index contributed by atoms with van der Waals surface area (Å²) in [7, 11) is 1.63. The summed E-state index contributed by atoms with van der Waals surface area (Å²) >= 11 is 0. The molecule has 0 bridgehead atoms. The van der Waals surface area contributed by atoms with Crippen LogP contribution in [0.4, 0.5) is 0 Å². The van der Waals surface area contributed by atoms with Crippen molar-refractivity contribution in [1.82, 2.24) is 9.80 Å². The minimum absolute atomic E-state index is 0.0396. The minimum atomic E-state index is -0.205. The Kier molecular flexibility index (Phi) is 5.64. The molecule has 2 atom stereocenters. The number of likely N-dealkylation sites (N-methyl/N-ethyl adjacent to an activating group) is 2. The van der Waals surface area contributed by atoms with Gasteiger partial charge in [0.15, 0.2) is 0 Å². The number of amides is 2. The molecule has 1 aromatic rings. The SMILES string of the molecule is CCN(CC)C(=O)CN(C)C(=O)/C=C/c1ccc(C2CC2C)o1. The lowest BCUT2D eigenvalue weighted by Gasteiger charge is -2.22. The molecule has 0 saturated heterocycles. The molecule has 1 aliphatic rings. The molecule has 0 radical (unpaired) electrons. The van der Waals surface area contributed by atoms with Gasteiger partial charge in [-0.3, -0.25) is 9.59 Å². The van der Waals surface area contributed by atoms with Crippen molar-refractivity contribution in [2.24, 2.45) is 5.92 Å². The number of hydrogen-bond donors (Lipinski definition) is 0. The molecule has 0 aromatic carbocycles. The predicted molar refractivity (Wildman–Crippen MR) is 89.8 cm³/mol. The van der Waals surface area contributed by atoms with Gasteiger partial charge >= 0.3 is 0 Å². The van der Waals surface area contributed by atoms with Crippen LogP contribution in [-0.4, -0.2) is 48.3 Å². The quantitative estimate of drug-likeness (QED) is 0.726. The Morgan fingerprint density at radius 1 is 1.30 bits per heavy atom. The highest BCUT2D eigenvalue weighted by atomic mass is 16.3. The van der Waals surface area contributed by atoms with Crippen molar-refractivity contribution in [3.63, 3.8) is 0 Å². The molecule has 126 valence electrons. The Morgan fingerprint density at radius 2 is 1.96 bits per heavy atom. The van der Waals surface area contributed by atoms with Crippen LogP contribution in [0, 0.1) is 5.92 Å². The van der Waals surface area contributed by atoms with Crippen LogP contribution in [0.15, 0.2) is 22.6 Å². The van der Waals surface area contributed by atoms with Crippen LogP contribution < -0.4 is 0 Å². The van der Waals surface area contributed by atoms with Crippen molar-refractivity contribution in [3.05, 3.63) is 29.7 Å². The van der Waals surface area contributed by atoms with Crippen molar-refractivity contribution < 1.29 is 14.0 Å². The Labute approximate surface area is 137 Å². The van der Waals surface area contributed by atoms with E-state index < -0.39 is 0 Å². The maximum Gasteiger partial charge on any atom is 0.246 e. The van der Waals surface area contributed by atoms with Crippen LogP contribution in [0.3, 0.4) is 0 Å². The Balaban J connectivity index is 1.87. The molecule has 2 unspecified atom stereocenters. The van der Waals surface area contributed by atoms with Gasteiger partial charge in [0.25, 0.3) is 0 Å². The molecule has 2 rings (SSSR count). The van der Waals surface area contributed by atoms with Crippen LogP contribution in [0.5, 0.6) is 0 Å². The summed E-state index contributed by atoms with van der Waals surface area (Å²) in [5.74, 6) is 2.65. The van der Waals surface area contributed by atoms with Crippen molar-refractivity contribution in [2.45, 2.75) is 33.1 Å². The van der Waals surface area contributed by atoms with Gasteiger partial charge in [0, 0.05) is 32.1 Å². The fourth-order valence-corrected chi connectivity index (χ4v) is 2.61. The number of carbonyl (C=O) groups excluding carboxylic acids is 2. The van der Waals surface area contributed by atoms with E-state index in [1.807, 2.05) is 26.0 Å². The van der Waals surface area contributed by atoms with Gasteiger partial charge in [0.1, 0.15) is 11.5 Å². The Hall–Kier alpha value is -2.04. The molecule has 0 N–H and O–H groups in total. The second kappa shape index (κ2) is 7.49. The van der Waals surface area contributed by atoms with E-state index in [0.29, 0.717) is 30.7 Å². The second-order valence-electron chi connectivity index (χ2n) is 6.15. The van der Waals surface area contributed by atoms with Crippen LogP contribution >= 0.6 is 0 Å². The number of rotatable bonds is 7. The van der Waals surface area contributed by atoms with Crippen LogP contribution in [0.1, 0.15) is 44.6 Å². The fraction of sp³-hybridized carbons (Fsp3) is 0.556. The second-order valence-corrected chi connectivity index (χ2v) is 6.15. The van der Waals surface area contributed by atoms with Gasteiger partial charge in [0.2, 0.25) is 11.8 Å². The first kappa shape index (κ1) is 17.3. The van der Waals surface area contributed by atoms with Gasteiger partial charge in [-0.15, -0.1) is 0 Å². The van der Waals surface area contributed by atoms with Crippen LogP contribution in [-0.2, 0) is 9.59 Å². The number of hydrogen-bond acceptors (Lipinski definition) is 3. The van der Waals surface area contributed by atoms with Gasteiger partial charge in [-0.05, 0) is 44.4 Å². The van der Waals surface area contributed by atoms with Crippen LogP contribution in [0.2, 0.25) is 0 Å². The minimum Gasteiger partial charge on any atom is -0.461 e. The van der Waals surface area contributed by atoms with Crippen molar-refractivity contribution in [3.8, 4) is 0 Å². The summed E-state index contributed by atoms with van der Waals surface area (Å²) in [6.07, 6.45) is 4.29. The zero-order valence-corrected chi connectivity index (χ0v) is 14.4. The number of furan rings is 1. The molecule has 0 aliphatic heterocycles. The topological polar surface area (TPSA) is 53.8 Å².